The Labute approximate surface area is 544 Å². The summed E-state index contributed by atoms with van der Waals surface area (Å²) >= 11 is 0. The molecule has 0 saturated heterocycles. The smallest absolute Gasteiger partial charge is 0.252 e. The SMILES string of the molecule is c1ccc(-c2ccc3c(c2)B2c4ccc(N(c5ccccc5)c5ccccc5)cc4N(c4ccc5c6ccccc6c6ccccc6c5c4)c4cc(-c5ccc6c7ccccc7c7ccccc7c6c5)cc(c42)N3c2ccc3c4ccccc4c4ccccc4c3c2)cc1. The molecule has 0 atom stereocenters. The molecule has 94 heavy (non-hydrogen) atoms. The Morgan fingerprint density at radius 3 is 0.989 bits per heavy atom. The van der Waals surface area contributed by atoms with E-state index in [1.807, 2.05) is 0 Å². The van der Waals surface area contributed by atoms with E-state index in [4.69, 9.17) is 0 Å². The molecule has 434 valence electrons. The van der Waals surface area contributed by atoms with E-state index in [1.54, 1.807) is 0 Å². The number of hydrogen-bond acceptors (Lipinski definition) is 3. The average molecular weight is 1190 g/mol. The van der Waals surface area contributed by atoms with Crippen molar-refractivity contribution in [1.82, 2.24) is 0 Å². The van der Waals surface area contributed by atoms with Crippen molar-refractivity contribution in [3.05, 3.63) is 340 Å². The van der Waals surface area contributed by atoms with Crippen molar-refractivity contribution in [3.8, 4) is 22.3 Å². The minimum Gasteiger partial charge on any atom is -0.311 e. The Kier molecular flexibility index (Phi) is 11.5. The molecule has 0 N–H and O–H groups in total. The van der Waals surface area contributed by atoms with E-state index < -0.39 is 0 Å². The summed E-state index contributed by atoms with van der Waals surface area (Å²) < 4.78 is 0. The van der Waals surface area contributed by atoms with Gasteiger partial charge in [-0.05, 0) is 221 Å². The van der Waals surface area contributed by atoms with Gasteiger partial charge in [0.1, 0.15) is 0 Å². The van der Waals surface area contributed by atoms with Gasteiger partial charge in [0.2, 0.25) is 0 Å². The summed E-state index contributed by atoms with van der Waals surface area (Å²) in [5, 5.41) is 22.5. The molecule has 2 aliphatic rings. The fourth-order valence-electron chi connectivity index (χ4n) is 16.4. The van der Waals surface area contributed by atoms with E-state index in [-0.39, 0.29) is 6.71 Å². The van der Waals surface area contributed by atoms with Gasteiger partial charge in [-0.25, -0.2) is 0 Å². The van der Waals surface area contributed by atoms with E-state index in [1.165, 1.54) is 124 Å². The highest BCUT2D eigenvalue weighted by atomic mass is 15.2. The molecule has 0 saturated carbocycles. The van der Waals surface area contributed by atoms with Crippen LogP contribution in [0.3, 0.4) is 0 Å². The van der Waals surface area contributed by atoms with Crippen LogP contribution in [0.1, 0.15) is 0 Å². The molecule has 0 bridgehead atoms. The number of para-hydroxylation sites is 2. The summed E-state index contributed by atoms with van der Waals surface area (Å²) in [5.74, 6) is 0. The third-order valence-electron chi connectivity index (χ3n) is 20.5. The Hall–Kier alpha value is -12.2. The molecule has 4 heteroatoms. The average Bonchev–Trinajstić information content (AvgIpc) is 0.694. The second kappa shape index (κ2) is 20.6. The van der Waals surface area contributed by atoms with E-state index in [0.717, 1.165) is 62.3 Å². The molecule has 0 fully saturated rings. The lowest BCUT2D eigenvalue weighted by Gasteiger charge is -2.45. The van der Waals surface area contributed by atoms with Crippen LogP contribution in [-0.4, -0.2) is 6.71 Å². The number of nitrogens with zero attached hydrogens (tertiary/aromatic N) is 3. The second-order valence-corrected chi connectivity index (χ2v) is 25.4. The number of rotatable bonds is 7. The molecule has 0 spiro atoms. The molecule has 0 amide bonds. The predicted molar refractivity (Wildman–Crippen MR) is 404 cm³/mol. The number of fused-ring (bicyclic) bond motifs is 22. The third-order valence-corrected chi connectivity index (χ3v) is 20.5. The summed E-state index contributed by atoms with van der Waals surface area (Å²) in [5.41, 5.74) is 18.4. The Morgan fingerprint density at radius 2 is 0.543 bits per heavy atom. The third kappa shape index (κ3) is 7.87. The van der Waals surface area contributed by atoms with Gasteiger partial charge in [0, 0.05) is 51.2 Å². The van der Waals surface area contributed by atoms with Gasteiger partial charge in [-0.15, -0.1) is 0 Å². The maximum atomic E-state index is 2.63. The Bertz CT molecular complexity index is 6060. The van der Waals surface area contributed by atoms with Crippen LogP contribution in [-0.2, 0) is 0 Å². The van der Waals surface area contributed by atoms with Crippen molar-refractivity contribution < 1.29 is 0 Å². The normalized spacial score (nSPS) is 12.6. The van der Waals surface area contributed by atoms with Crippen LogP contribution in [0.4, 0.5) is 51.2 Å². The van der Waals surface area contributed by atoms with Gasteiger partial charge < -0.3 is 14.7 Å². The number of benzene rings is 18. The zero-order chi connectivity index (χ0) is 61.5. The van der Waals surface area contributed by atoms with Gasteiger partial charge >= 0.3 is 0 Å². The van der Waals surface area contributed by atoms with Gasteiger partial charge in [0.25, 0.3) is 6.71 Å². The van der Waals surface area contributed by atoms with E-state index in [9.17, 15) is 0 Å². The summed E-state index contributed by atoms with van der Waals surface area (Å²) in [4.78, 5) is 7.65. The first-order valence-corrected chi connectivity index (χ1v) is 32.7. The van der Waals surface area contributed by atoms with Gasteiger partial charge in [-0.1, -0.05) is 255 Å². The molecule has 2 heterocycles. The highest BCUT2D eigenvalue weighted by Crippen LogP contribution is 2.51. The summed E-state index contributed by atoms with van der Waals surface area (Å²) in [7, 11) is 0. The first kappa shape index (κ1) is 52.5. The molecule has 18 aromatic carbocycles. The summed E-state index contributed by atoms with van der Waals surface area (Å²) in [6.07, 6.45) is 0. The van der Waals surface area contributed by atoms with Gasteiger partial charge in [0.05, 0.1) is 0 Å². The van der Waals surface area contributed by atoms with Crippen molar-refractivity contribution in [3.63, 3.8) is 0 Å². The van der Waals surface area contributed by atoms with Crippen LogP contribution < -0.4 is 31.1 Å². The molecule has 20 rings (SSSR count). The van der Waals surface area contributed by atoms with Gasteiger partial charge in [-0.2, -0.15) is 0 Å². The zero-order valence-electron chi connectivity index (χ0n) is 51.3. The van der Waals surface area contributed by atoms with Crippen molar-refractivity contribution in [1.29, 1.82) is 0 Å². The Balaban J connectivity index is 0.929. The maximum absolute atomic E-state index is 2.63. The van der Waals surface area contributed by atoms with Gasteiger partial charge in [-0.3, -0.25) is 0 Å². The summed E-state index contributed by atoms with van der Waals surface area (Å²) in [6, 6.07) is 128. The molecule has 0 radical (unpaired) electrons. The molecule has 0 aliphatic carbocycles. The van der Waals surface area contributed by atoms with E-state index in [0.29, 0.717) is 0 Å². The lowest BCUT2D eigenvalue weighted by atomic mass is 9.33. The Morgan fingerprint density at radius 1 is 0.191 bits per heavy atom. The van der Waals surface area contributed by atoms with Crippen molar-refractivity contribution in [2.24, 2.45) is 0 Å². The van der Waals surface area contributed by atoms with Crippen LogP contribution >= 0.6 is 0 Å². The topological polar surface area (TPSA) is 9.72 Å². The molecular weight excluding hydrogens is 1130 g/mol. The van der Waals surface area contributed by atoms with Crippen LogP contribution in [0.2, 0.25) is 0 Å². The van der Waals surface area contributed by atoms with Gasteiger partial charge in [0.15, 0.2) is 0 Å². The van der Waals surface area contributed by atoms with Crippen molar-refractivity contribution in [2.45, 2.75) is 0 Å². The van der Waals surface area contributed by atoms with Crippen LogP contribution in [0.15, 0.2) is 340 Å². The summed E-state index contributed by atoms with van der Waals surface area (Å²) in [6.45, 7) is -0.182. The first-order valence-electron chi connectivity index (χ1n) is 32.7. The monoisotopic (exact) mass is 1190 g/mol. The lowest BCUT2D eigenvalue weighted by molar-refractivity contribution is 1.24. The van der Waals surface area contributed by atoms with E-state index >= 15 is 0 Å². The standard InChI is InChI=1S/C90H56BN3/c1-4-22-57(23-5-1)59-41-49-86-85(51-59)91-84-48-44-65(92(61-24-6-2-7-25-61)62-26-8-3-9-27-62)56-87(84)94(64-43-47-80-74-36-15-12-30-68(74)71-33-18-21-39-77(71)83(80)55-64)89-53-60(58-40-45-78-72-34-13-10-28-66(72)69-31-16-19-37-75(69)81(78)50-58)52-88(90(89)91)93(86)63-42-46-79-73-35-14-11-29-67(73)70-32-17-20-38-76(70)82(79)54-63/h1-56H. The molecule has 3 nitrogen and oxygen atoms in total. The highest BCUT2D eigenvalue weighted by Gasteiger charge is 2.44. The van der Waals surface area contributed by atoms with Crippen LogP contribution in [0.5, 0.6) is 0 Å². The van der Waals surface area contributed by atoms with Crippen molar-refractivity contribution >= 4 is 171 Å². The molecule has 18 aromatic rings. The lowest BCUT2D eigenvalue weighted by Crippen LogP contribution is -2.61. The number of anilines is 9. The minimum atomic E-state index is -0.182. The molecular formula is C90H56BN3. The first-order chi connectivity index (χ1) is 46.6. The molecule has 0 aromatic heterocycles. The quantitative estimate of drug-likeness (QED) is 0.116. The number of hydrogen-bond donors (Lipinski definition) is 0. The minimum absolute atomic E-state index is 0.182. The van der Waals surface area contributed by atoms with E-state index in [2.05, 4.69) is 354 Å². The maximum Gasteiger partial charge on any atom is 0.252 e. The second-order valence-electron chi connectivity index (χ2n) is 25.4. The molecule has 0 unspecified atom stereocenters. The largest absolute Gasteiger partial charge is 0.311 e. The zero-order valence-corrected chi connectivity index (χ0v) is 51.3. The highest BCUT2D eigenvalue weighted by molar-refractivity contribution is 7.00. The predicted octanol–water partition coefficient (Wildman–Crippen LogP) is 23.0. The van der Waals surface area contributed by atoms with Crippen LogP contribution in [0, 0.1) is 0 Å². The van der Waals surface area contributed by atoms with Crippen molar-refractivity contribution in [2.75, 3.05) is 14.7 Å². The fraction of sp³-hybridized carbons (Fsp3) is 0. The fourth-order valence-corrected chi connectivity index (χ4v) is 16.4. The molecule has 2 aliphatic heterocycles. The van der Waals surface area contributed by atoms with Crippen LogP contribution in [0.25, 0.3) is 119 Å².